The van der Waals surface area contributed by atoms with E-state index in [4.69, 9.17) is 20.9 Å². The Morgan fingerprint density at radius 2 is 2.05 bits per heavy atom. The summed E-state index contributed by atoms with van der Waals surface area (Å²) >= 11 is 0. The van der Waals surface area contributed by atoms with E-state index >= 15 is 0 Å². The lowest BCUT2D eigenvalue weighted by Gasteiger charge is -2.46. The third-order valence-electron chi connectivity index (χ3n) is 8.60. The summed E-state index contributed by atoms with van der Waals surface area (Å²) in [4.78, 5) is 41.3. The largest absolute Gasteiger partial charge is 0.497 e. The number of aliphatic hydroxyl groups excluding tert-OH is 1. The van der Waals surface area contributed by atoms with Gasteiger partial charge in [0, 0.05) is 30.9 Å². The summed E-state index contributed by atoms with van der Waals surface area (Å²) in [5.74, 6) is 0.464. The first-order valence-corrected chi connectivity index (χ1v) is 13.8. The van der Waals surface area contributed by atoms with E-state index in [1.54, 1.807) is 17.0 Å². The van der Waals surface area contributed by atoms with Crippen molar-refractivity contribution in [1.29, 1.82) is 0 Å². The molecule has 4 aliphatic heterocycles. The smallest absolute Gasteiger partial charge is 0.270 e. The van der Waals surface area contributed by atoms with Gasteiger partial charge in [-0.25, -0.2) is 9.98 Å². The molecule has 1 fully saturated rings. The highest BCUT2D eigenvalue weighted by molar-refractivity contribution is 5.98. The number of aliphatic hydroxyl groups is 1. The lowest BCUT2D eigenvalue weighted by atomic mass is 9.79. The van der Waals surface area contributed by atoms with Crippen molar-refractivity contribution < 1.29 is 24.2 Å². The molecule has 2 amide bonds. The number of guanidine groups is 2. The number of hydrogen-bond donors (Lipinski definition) is 6. The summed E-state index contributed by atoms with van der Waals surface area (Å²) in [7, 11) is 1.50. The minimum absolute atomic E-state index is 0.0458. The number of rotatable bonds is 6. The van der Waals surface area contributed by atoms with Crippen LogP contribution in [-0.2, 0) is 5.41 Å². The predicted molar refractivity (Wildman–Crippen MR) is 153 cm³/mol. The summed E-state index contributed by atoms with van der Waals surface area (Å²) in [6.45, 7) is 4.96. The molecule has 1 spiro atoms. The summed E-state index contributed by atoms with van der Waals surface area (Å²) in [5.41, 5.74) is 12.7. The van der Waals surface area contributed by atoms with Crippen molar-refractivity contribution >= 4 is 23.7 Å². The standard InChI is InChI=1S/C28H35N9O5/c1-27(2)8-10-42-20-15(5-4-6-16(20)27)23(39)33-19-13-37-26(30)34-18(21-28(37,22(19)38)36-25(29)35-21)12-32-24(40)17-11-14(41-3)7-9-31-17/h4-7,9,11,18-19,21-22,38H,8,10,12-13H2,1-3H3,(H2,30,34)(H,32,40)(H,33,39)(H3,29,35,36)/t18-,19+,21?,22+,28?/m0/s1. The van der Waals surface area contributed by atoms with E-state index in [1.807, 2.05) is 12.1 Å². The molecule has 5 atom stereocenters. The molecule has 42 heavy (non-hydrogen) atoms. The van der Waals surface area contributed by atoms with Crippen molar-refractivity contribution in [2.45, 2.75) is 55.6 Å². The molecule has 6 rings (SSSR count). The third kappa shape index (κ3) is 4.33. The maximum atomic E-state index is 13.6. The summed E-state index contributed by atoms with van der Waals surface area (Å²) in [6, 6.07) is 6.57. The van der Waals surface area contributed by atoms with Gasteiger partial charge in [-0.1, -0.05) is 26.0 Å². The van der Waals surface area contributed by atoms with E-state index < -0.39 is 35.8 Å². The normalized spacial score (nSPS) is 28.6. The number of aliphatic imine (C=N–C) groups is 2. The van der Waals surface area contributed by atoms with Crippen LogP contribution in [0.4, 0.5) is 0 Å². The molecule has 222 valence electrons. The van der Waals surface area contributed by atoms with Crippen LogP contribution in [0, 0.1) is 0 Å². The zero-order valence-electron chi connectivity index (χ0n) is 23.6. The van der Waals surface area contributed by atoms with Crippen molar-refractivity contribution in [3.05, 3.63) is 53.3 Å². The number of nitrogens with one attached hydrogen (secondary N) is 3. The van der Waals surface area contributed by atoms with Crippen molar-refractivity contribution in [3.63, 3.8) is 0 Å². The van der Waals surface area contributed by atoms with E-state index in [1.165, 1.54) is 19.4 Å². The van der Waals surface area contributed by atoms with Gasteiger partial charge in [-0.3, -0.25) is 14.6 Å². The number of amides is 2. The minimum Gasteiger partial charge on any atom is -0.497 e. The van der Waals surface area contributed by atoms with E-state index in [-0.39, 0.29) is 42.0 Å². The van der Waals surface area contributed by atoms with Gasteiger partial charge in [0.2, 0.25) is 0 Å². The molecular formula is C28H35N9O5. The molecule has 2 aromatic rings. The Bertz CT molecular complexity index is 1490. The predicted octanol–water partition coefficient (Wildman–Crippen LogP) is -0.965. The molecular weight excluding hydrogens is 542 g/mol. The van der Waals surface area contributed by atoms with Crippen molar-refractivity contribution in [2.24, 2.45) is 21.5 Å². The van der Waals surface area contributed by atoms with Crippen LogP contribution < -0.4 is 36.9 Å². The van der Waals surface area contributed by atoms with Crippen molar-refractivity contribution in [1.82, 2.24) is 25.8 Å². The average molecular weight is 578 g/mol. The first kappa shape index (κ1) is 27.6. The second kappa shape index (κ2) is 10.0. The van der Waals surface area contributed by atoms with Gasteiger partial charge >= 0.3 is 0 Å². The molecule has 0 aliphatic carbocycles. The number of nitrogens with zero attached hydrogens (tertiary/aromatic N) is 4. The van der Waals surface area contributed by atoms with Gasteiger partial charge in [0.05, 0.1) is 31.4 Å². The molecule has 14 heteroatoms. The van der Waals surface area contributed by atoms with E-state index in [0.29, 0.717) is 23.7 Å². The number of carbonyl (C=O) groups is 2. The lowest BCUT2D eigenvalue weighted by Crippen LogP contribution is -2.73. The zero-order valence-corrected chi connectivity index (χ0v) is 23.6. The molecule has 5 heterocycles. The van der Waals surface area contributed by atoms with Gasteiger partial charge in [-0.15, -0.1) is 0 Å². The van der Waals surface area contributed by atoms with Crippen LogP contribution >= 0.6 is 0 Å². The number of carbonyl (C=O) groups excluding carboxylic acids is 2. The van der Waals surface area contributed by atoms with Crippen LogP contribution in [0.2, 0.25) is 0 Å². The Morgan fingerprint density at radius 1 is 1.24 bits per heavy atom. The third-order valence-corrected chi connectivity index (χ3v) is 8.60. The van der Waals surface area contributed by atoms with Crippen LogP contribution in [0.5, 0.6) is 11.5 Å². The number of pyridine rings is 1. The maximum Gasteiger partial charge on any atom is 0.270 e. The van der Waals surface area contributed by atoms with Gasteiger partial charge in [-0.05, 0) is 24.0 Å². The first-order chi connectivity index (χ1) is 20.0. The SMILES string of the molecule is COc1ccnc(C(=O)NC[C@@H]2N=C(N)N3C[C@@H](NC(=O)c4cccc5c4OCCC5(C)C)[C@@H](O)C34NC(N)=NC24)c1. The minimum atomic E-state index is -1.27. The Morgan fingerprint density at radius 3 is 2.83 bits per heavy atom. The second-order valence-electron chi connectivity index (χ2n) is 11.6. The van der Waals surface area contributed by atoms with Crippen LogP contribution in [0.3, 0.4) is 0 Å². The van der Waals surface area contributed by atoms with Gasteiger partial charge in [0.15, 0.2) is 17.6 Å². The monoisotopic (exact) mass is 577 g/mol. The molecule has 0 radical (unpaired) electrons. The van der Waals surface area contributed by atoms with E-state index in [0.717, 1.165) is 12.0 Å². The van der Waals surface area contributed by atoms with Gasteiger partial charge in [0.25, 0.3) is 11.8 Å². The molecule has 1 aromatic carbocycles. The number of fused-ring (bicyclic) bond motifs is 1. The fraction of sp³-hybridized carbons (Fsp3) is 0.464. The molecule has 0 bridgehead atoms. The van der Waals surface area contributed by atoms with Gasteiger partial charge in [0.1, 0.15) is 29.3 Å². The Kier molecular flexibility index (Phi) is 6.60. The molecule has 2 unspecified atom stereocenters. The van der Waals surface area contributed by atoms with Crippen molar-refractivity contribution in [3.8, 4) is 11.5 Å². The van der Waals surface area contributed by atoms with Crippen molar-refractivity contribution in [2.75, 3.05) is 26.8 Å². The Balaban J connectivity index is 1.22. The fourth-order valence-corrected chi connectivity index (χ4v) is 6.35. The number of para-hydroxylation sites is 1. The molecule has 1 saturated heterocycles. The number of aromatic nitrogens is 1. The zero-order chi connectivity index (χ0) is 29.8. The van der Waals surface area contributed by atoms with Crippen LogP contribution in [0.15, 0.2) is 46.5 Å². The van der Waals surface area contributed by atoms with E-state index in [9.17, 15) is 14.7 Å². The summed E-state index contributed by atoms with van der Waals surface area (Å²) in [5, 5.41) is 20.6. The molecule has 8 N–H and O–H groups in total. The number of nitrogens with two attached hydrogens (primary N) is 2. The van der Waals surface area contributed by atoms with E-state index in [2.05, 4.69) is 44.8 Å². The molecule has 14 nitrogen and oxygen atoms in total. The quantitative estimate of drug-likeness (QED) is 0.248. The Hall–Kier alpha value is -4.59. The number of ether oxygens (including phenoxy) is 2. The number of hydrogen-bond acceptors (Lipinski definition) is 12. The molecule has 4 aliphatic rings. The second-order valence-corrected chi connectivity index (χ2v) is 11.6. The highest BCUT2D eigenvalue weighted by Crippen LogP contribution is 2.42. The molecule has 1 aromatic heterocycles. The summed E-state index contributed by atoms with van der Waals surface area (Å²) < 4.78 is 11.1. The average Bonchev–Trinajstić information content (AvgIpc) is 3.47. The van der Waals surface area contributed by atoms with Gasteiger partial charge in [-0.2, -0.15) is 0 Å². The Labute approximate surface area is 242 Å². The highest BCUT2D eigenvalue weighted by Gasteiger charge is 2.65. The first-order valence-electron chi connectivity index (χ1n) is 13.8. The van der Waals surface area contributed by atoms with Crippen LogP contribution in [0.1, 0.15) is 46.7 Å². The number of methoxy groups -OCH3 is 1. The molecule has 0 saturated carbocycles. The highest BCUT2D eigenvalue weighted by atomic mass is 16.5. The van der Waals surface area contributed by atoms with Crippen LogP contribution in [-0.4, -0.2) is 95.4 Å². The lowest BCUT2D eigenvalue weighted by molar-refractivity contribution is 0.0143. The fourth-order valence-electron chi connectivity index (χ4n) is 6.35. The topological polar surface area (TPSA) is 202 Å². The van der Waals surface area contributed by atoms with Crippen LogP contribution in [0.25, 0.3) is 0 Å². The summed E-state index contributed by atoms with van der Waals surface area (Å²) in [6.07, 6.45) is 1.14. The maximum absolute atomic E-state index is 13.6. The number of benzene rings is 1. The van der Waals surface area contributed by atoms with Gasteiger partial charge < -0.3 is 46.9 Å².